The first-order valence-electron chi connectivity index (χ1n) is 7.32. The SMILES string of the molecule is O=C(O)C1CCCN(C(=O)NCC(=O)N2CCNCC2)C1. The molecule has 0 aromatic carbocycles. The quantitative estimate of drug-likeness (QED) is 0.615. The van der Waals surface area contributed by atoms with Gasteiger partial charge in [-0.3, -0.25) is 9.59 Å². The molecule has 3 N–H and O–H groups in total. The zero-order chi connectivity index (χ0) is 15.2. The molecule has 0 aliphatic carbocycles. The number of rotatable bonds is 3. The Morgan fingerprint density at radius 2 is 1.86 bits per heavy atom. The molecule has 0 radical (unpaired) electrons. The molecular formula is C13H22N4O4. The van der Waals surface area contributed by atoms with E-state index in [-0.39, 0.29) is 25.0 Å². The summed E-state index contributed by atoms with van der Waals surface area (Å²) in [6, 6.07) is -0.357. The number of hydrogen-bond acceptors (Lipinski definition) is 4. The van der Waals surface area contributed by atoms with Gasteiger partial charge in [0.2, 0.25) is 5.91 Å². The lowest BCUT2D eigenvalue weighted by atomic mass is 9.99. The van der Waals surface area contributed by atoms with Gasteiger partial charge in [-0.05, 0) is 12.8 Å². The van der Waals surface area contributed by atoms with Gasteiger partial charge in [-0.1, -0.05) is 0 Å². The van der Waals surface area contributed by atoms with Crippen molar-refractivity contribution in [3.8, 4) is 0 Å². The van der Waals surface area contributed by atoms with Crippen LogP contribution in [0.5, 0.6) is 0 Å². The highest BCUT2D eigenvalue weighted by Crippen LogP contribution is 2.16. The first-order valence-corrected chi connectivity index (χ1v) is 7.32. The first-order chi connectivity index (χ1) is 10.1. The number of nitrogens with zero attached hydrogens (tertiary/aromatic N) is 2. The first kappa shape index (κ1) is 15.6. The second-order valence-electron chi connectivity index (χ2n) is 5.41. The topological polar surface area (TPSA) is 102 Å². The van der Waals surface area contributed by atoms with Crippen LogP contribution < -0.4 is 10.6 Å². The fraction of sp³-hybridized carbons (Fsp3) is 0.769. The number of piperazine rings is 1. The van der Waals surface area contributed by atoms with Gasteiger partial charge in [0.05, 0.1) is 12.5 Å². The Morgan fingerprint density at radius 1 is 1.14 bits per heavy atom. The van der Waals surface area contributed by atoms with Crippen LogP contribution in [-0.4, -0.2) is 78.6 Å². The maximum Gasteiger partial charge on any atom is 0.317 e. The van der Waals surface area contributed by atoms with E-state index in [1.54, 1.807) is 4.90 Å². The summed E-state index contributed by atoms with van der Waals surface area (Å²) in [5, 5.41) is 14.7. The molecule has 2 aliphatic heterocycles. The maximum absolute atomic E-state index is 12.0. The average molecular weight is 298 g/mol. The number of piperidine rings is 1. The molecule has 2 heterocycles. The van der Waals surface area contributed by atoms with Crippen LogP contribution in [0.25, 0.3) is 0 Å². The van der Waals surface area contributed by atoms with Gasteiger partial charge in [0, 0.05) is 39.3 Å². The van der Waals surface area contributed by atoms with E-state index in [0.717, 1.165) is 13.1 Å². The number of carbonyl (C=O) groups excluding carboxylic acids is 2. The number of hydrogen-bond donors (Lipinski definition) is 3. The molecule has 0 aromatic heterocycles. The van der Waals surface area contributed by atoms with Crippen LogP contribution in [0.2, 0.25) is 0 Å². The molecule has 0 spiro atoms. The van der Waals surface area contributed by atoms with E-state index in [2.05, 4.69) is 10.6 Å². The van der Waals surface area contributed by atoms with Crippen LogP contribution in [0, 0.1) is 5.92 Å². The summed E-state index contributed by atoms with van der Waals surface area (Å²) in [6.07, 6.45) is 1.27. The predicted molar refractivity (Wildman–Crippen MR) is 74.8 cm³/mol. The minimum Gasteiger partial charge on any atom is -0.481 e. The van der Waals surface area contributed by atoms with E-state index < -0.39 is 11.9 Å². The van der Waals surface area contributed by atoms with E-state index in [1.165, 1.54) is 4.90 Å². The van der Waals surface area contributed by atoms with Crippen molar-refractivity contribution in [2.24, 2.45) is 5.92 Å². The minimum atomic E-state index is -0.871. The standard InChI is InChI=1S/C13H22N4O4/c18-11(16-6-3-14-4-7-16)8-15-13(21)17-5-1-2-10(9-17)12(19)20/h10,14H,1-9H2,(H,15,21)(H,19,20). The third-order valence-corrected chi connectivity index (χ3v) is 3.92. The minimum absolute atomic E-state index is 0.0347. The van der Waals surface area contributed by atoms with Crippen LogP contribution >= 0.6 is 0 Å². The van der Waals surface area contributed by atoms with Crippen molar-refractivity contribution >= 4 is 17.9 Å². The van der Waals surface area contributed by atoms with Gasteiger partial charge in [-0.25, -0.2) is 4.79 Å². The summed E-state index contributed by atoms with van der Waals surface area (Å²) in [4.78, 5) is 38.1. The largest absolute Gasteiger partial charge is 0.481 e. The number of urea groups is 1. The highest BCUT2D eigenvalue weighted by atomic mass is 16.4. The Hall–Kier alpha value is -1.83. The Kier molecular flexibility index (Phi) is 5.38. The van der Waals surface area contributed by atoms with E-state index in [9.17, 15) is 14.4 Å². The van der Waals surface area contributed by atoms with Crippen molar-refractivity contribution in [2.45, 2.75) is 12.8 Å². The third-order valence-electron chi connectivity index (χ3n) is 3.92. The summed E-state index contributed by atoms with van der Waals surface area (Å²) in [5.41, 5.74) is 0. The molecule has 21 heavy (non-hydrogen) atoms. The second kappa shape index (κ2) is 7.26. The number of carboxylic acid groups (broad SMARTS) is 1. The summed E-state index contributed by atoms with van der Waals surface area (Å²) >= 11 is 0. The third kappa shape index (κ3) is 4.32. The summed E-state index contributed by atoms with van der Waals surface area (Å²) in [7, 11) is 0. The molecule has 8 heteroatoms. The van der Waals surface area contributed by atoms with Crippen molar-refractivity contribution in [1.29, 1.82) is 0 Å². The van der Waals surface area contributed by atoms with Crippen LogP contribution in [0.3, 0.4) is 0 Å². The molecule has 8 nitrogen and oxygen atoms in total. The maximum atomic E-state index is 12.0. The van der Waals surface area contributed by atoms with E-state index in [1.807, 2.05) is 0 Å². The van der Waals surface area contributed by atoms with E-state index in [4.69, 9.17) is 5.11 Å². The zero-order valence-corrected chi connectivity index (χ0v) is 12.0. The van der Waals surface area contributed by atoms with Crippen LogP contribution in [0.15, 0.2) is 0 Å². The Morgan fingerprint density at radius 3 is 2.52 bits per heavy atom. The smallest absolute Gasteiger partial charge is 0.317 e. The number of aliphatic carboxylic acids is 1. The lowest BCUT2D eigenvalue weighted by Gasteiger charge is -2.31. The highest BCUT2D eigenvalue weighted by Gasteiger charge is 2.28. The van der Waals surface area contributed by atoms with Crippen LogP contribution in [0.1, 0.15) is 12.8 Å². The molecule has 2 fully saturated rings. The van der Waals surface area contributed by atoms with Crippen molar-refractivity contribution in [3.05, 3.63) is 0 Å². The van der Waals surface area contributed by atoms with Gasteiger partial charge in [0.1, 0.15) is 0 Å². The molecule has 0 aromatic rings. The zero-order valence-electron chi connectivity index (χ0n) is 12.0. The number of nitrogens with one attached hydrogen (secondary N) is 2. The van der Waals surface area contributed by atoms with Crippen molar-refractivity contribution in [1.82, 2.24) is 20.4 Å². The Balaban J connectivity index is 1.75. The van der Waals surface area contributed by atoms with Gasteiger partial charge < -0.3 is 25.5 Å². The van der Waals surface area contributed by atoms with Gasteiger partial charge in [0.15, 0.2) is 0 Å². The molecule has 0 bridgehead atoms. The molecule has 118 valence electrons. The van der Waals surface area contributed by atoms with Crippen molar-refractivity contribution < 1.29 is 19.5 Å². The molecule has 3 amide bonds. The van der Waals surface area contributed by atoms with Gasteiger partial charge >= 0.3 is 12.0 Å². The molecule has 1 atom stereocenters. The molecular weight excluding hydrogens is 276 g/mol. The lowest BCUT2D eigenvalue weighted by molar-refractivity contribution is -0.143. The summed E-state index contributed by atoms with van der Waals surface area (Å²) in [5.74, 6) is -1.48. The van der Waals surface area contributed by atoms with Crippen molar-refractivity contribution in [3.63, 3.8) is 0 Å². The highest BCUT2D eigenvalue weighted by molar-refractivity contribution is 5.84. The van der Waals surface area contributed by atoms with Crippen LogP contribution in [0.4, 0.5) is 4.79 Å². The Bertz CT molecular complexity index is 409. The number of carboxylic acids is 1. The number of likely N-dealkylation sites (tertiary alicyclic amines) is 1. The fourth-order valence-electron chi connectivity index (χ4n) is 2.65. The summed E-state index contributed by atoms with van der Waals surface area (Å²) < 4.78 is 0. The molecule has 2 aliphatic rings. The average Bonchev–Trinajstić information content (AvgIpc) is 2.53. The molecule has 1 unspecified atom stereocenters. The fourth-order valence-corrected chi connectivity index (χ4v) is 2.65. The van der Waals surface area contributed by atoms with Gasteiger partial charge in [-0.15, -0.1) is 0 Å². The normalized spacial score (nSPS) is 22.8. The van der Waals surface area contributed by atoms with E-state index >= 15 is 0 Å². The lowest BCUT2D eigenvalue weighted by Crippen LogP contribution is -2.52. The molecule has 2 rings (SSSR count). The predicted octanol–water partition coefficient (Wildman–Crippen LogP) is -1.08. The number of amides is 3. The Labute approximate surface area is 123 Å². The van der Waals surface area contributed by atoms with Gasteiger partial charge in [0.25, 0.3) is 0 Å². The van der Waals surface area contributed by atoms with Crippen molar-refractivity contribution in [2.75, 3.05) is 45.8 Å². The molecule has 0 saturated carbocycles. The van der Waals surface area contributed by atoms with Crippen LogP contribution in [-0.2, 0) is 9.59 Å². The van der Waals surface area contributed by atoms with E-state index in [0.29, 0.717) is 32.5 Å². The van der Waals surface area contributed by atoms with Gasteiger partial charge in [-0.2, -0.15) is 0 Å². The second-order valence-corrected chi connectivity index (χ2v) is 5.41. The monoisotopic (exact) mass is 298 g/mol. The molecule has 2 saturated heterocycles. The summed E-state index contributed by atoms with van der Waals surface area (Å²) in [6.45, 7) is 3.56. The number of carbonyl (C=O) groups is 3.